The highest BCUT2D eigenvalue weighted by atomic mass is 32.2. The molecule has 1 fully saturated rings. The Balaban J connectivity index is 1.87. The molecule has 1 amide bonds. The van der Waals surface area contributed by atoms with Crippen LogP contribution in [-0.4, -0.2) is 23.5 Å². The largest absolute Gasteiger partial charge is 0.397 e. The molecule has 3 rings (SSSR count). The van der Waals surface area contributed by atoms with Gasteiger partial charge in [0.05, 0.1) is 11.1 Å². The Morgan fingerprint density at radius 2 is 2.10 bits per heavy atom. The molecule has 0 unspecified atom stereocenters. The molecule has 3 N–H and O–H groups in total. The summed E-state index contributed by atoms with van der Waals surface area (Å²) in [6.07, 6.45) is 1.96. The van der Waals surface area contributed by atoms with E-state index in [4.69, 9.17) is 5.73 Å². The van der Waals surface area contributed by atoms with Gasteiger partial charge in [-0.1, -0.05) is 6.07 Å². The molecular weight excluding hydrogens is 295 g/mol. The number of amides is 1. The maximum absolute atomic E-state index is 13.8. The number of benzene rings is 1. The number of rotatable bonds is 2. The van der Waals surface area contributed by atoms with Gasteiger partial charge in [-0.15, -0.1) is 11.3 Å². The SMILES string of the molecule is Nc1c(C(=O)NC2CCSCC2)sc2cccc(F)c12. The molecule has 3 nitrogen and oxygen atoms in total. The third kappa shape index (κ3) is 2.50. The molecule has 0 saturated carbocycles. The second-order valence-corrected chi connectivity index (χ2v) is 7.09. The summed E-state index contributed by atoms with van der Waals surface area (Å²) in [6.45, 7) is 0. The first kappa shape index (κ1) is 13.7. The number of anilines is 1. The van der Waals surface area contributed by atoms with Gasteiger partial charge in [0.1, 0.15) is 10.7 Å². The van der Waals surface area contributed by atoms with Gasteiger partial charge in [-0.3, -0.25) is 4.79 Å². The molecule has 1 aromatic heterocycles. The van der Waals surface area contributed by atoms with Crippen molar-refractivity contribution in [3.05, 3.63) is 28.9 Å². The van der Waals surface area contributed by atoms with Crippen molar-refractivity contribution in [1.82, 2.24) is 5.32 Å². The summed E-state index contributed by atoms with van der Waals surface area (Å²) in [7, 11) is 0. The summed E-state index contributed by atoms with van der Waals surface area (Å²) in [4.78, 5) is 12.7. The minimum Gasteiger partial charge on any atom is -0.397 e. The van der Waals surface area contributed by atoms with Gasteiger partial charge in [0.2, 0.25) is 0 Å². The van der Waals surface area contributed by atoms with Gasteiger partial charge in [0, 0.05) is 10.7 Å². The lowest BCUT2D eigenvalue weighted by Gasteiger charge is -2.22. The van der Waals surface area contributed by atoms with Crippen LogP contribution in [0.1, 0.15) is 22.5 Å². The molecule has 2 aromatic rings. The highest BCUT2D eigenvalue weighted by Crippen LogP contribution is 2.35. The van der Waals surface area contributed by atoms with Crippen LogP contribution in [0, 0.1) is 5.82 Å². The van der Waals surface area contributed by atoms with Crippen molar-refractivity contribution in [3.63, 3.8) is 0 Å². The van der Waals surface area contributed by atoms with E-state index in [0.717, 1.165) is 24.3 Å². The normalized spacial score (nSPS) is 16.4. The lowest BCUT2D eigenvalue weighted by atomic mass is 10.1. The van der Waals surface area contributed by atoms with Crippen molar-refractivity contribution in [3.8, 4) is 0 Å². The van der Waals surface area contributed by atoms with E-state index in [9.17, 15) is 9.18 Å². The van der Waals surface area contributed by atoms with E-state index in [2.05, 4.69) is 5.32 Å². The second kappa shape index (κ2) is 5.61. The summed E-state index contributed by atoms with van der Waals surface area (Å²) in [5, 5.41) is 3.37. The molecule has 1 aromatic carbocycles. The molecule has 0 radical (unpaired) electrons. The first-order valence-corrected chi connectivity index (χ1v) is 8.49. The van der Waals surface area contributed by atoms with Crippen LogP contribution in [0.2, 0.25) is 0 Å². The van der Waals surface area contributed by atoms with Crippen molar-refractivity contribution in [2.24, 2.45) is 0 Å². The predicted octanol–water partition coefficient (Wildman–Crippen LogP) is 3.25. The van der Waals surface area contributed by atoms with Crippen molar-refractivity contribution in [2.75, 3.05) is 17.2 Å². The third-order valence-corrected chi connectivity index (χ3v) is 5.68. The third-order valence-electron chi connectivity index (χ3n) is 3.46. The molecule has 0 spiro atoms. The first-order chi connectivity index (χ1) is 9.66. The number of fused-ring (bicyclic) bond motifs is 1. The zero-order valence-corrected chi connectivity index (χ0v) is 12.5. The van der Waals surface area contributed by atoms with E-state index < -0.39 is 0 Å². The molecule has 2 heterocycles. The molecule has 0 bridgehead atoms. The molecule has 20 heavy (non-hydrogen) atoms. The van der Waals surface area contributed by atoms with Gasteiger partial charge < -0.3 is 11.1 Å². The van der Waals surface area contributed by atoms with E-state index >= 15 is 0 Å². The Labute approximate surface area is 124 Å². The van der Waals surface area contributed by atoms with E-state index in [1.807, 2.05) is 11.8 Å². The molecule has 106 valence electrons. The minimum absolute atomic E-state index is 0.181. The molecule has 1 saturated heterocycles. The Morgan fingerprint density at radius 3 is 2.80 bits per heavy atom. The monoisotopic (exact) mass is 310 g/mol. The van der Waals surface area contributed by atoms with Crippen molar-refractivity contribution < 1.29 is 9.18 Å². The predicted molar refractivity (Wildman–Crippen MR) is 84.0 cm³/mol. The molecule has 1 aliphatic rings. The van der Waals surface area contributed by atoms with Crippen LogP contribution in [0.25, 0.3) is 10.1 Å². The summed E-state index contributed by atoms with van der Waals surface area (Å²) >= 11 is 3.16. The van der Waals surface area contributed by atoms with Crippen LogP contribution in [0.15, 0.2) is 18.2 Å². The van der Waals surface area contributed by atoms with Crippen LogP contribution >= 0.6 is 23.1 Å². The van der Waals surface area contributed by atoms with Crippen LogP contribution < -0.4 is 11.1 Å². The van der Waals surface area contributed by atoms with Gasteiger partial charge in [0.15, 0.2) is 0 Å². The minimum atomic E-state index is -0.371. The van der Waals surface area contributed by atoms with Crippen molar-refractivity contribution >= 4 is 44.8 Å². The highest BCUT2D eigenvalue weighted by molar-refractivity contribution is 7.99. The number of nitrogens with one attached hydrogen (secondary N) is 1. The molecule has 1 aliphatic heterocycles. The maximum Gasteiger partial charge on any atom is 0.263 e. The fourth-order valence-corrected chi connectivity index (χ4v) is 4.54. The maximum atomic E-state index is 13.8. The van der Waals surface area contributed by atoms with E-state index in [0.29, 0.717) is 15.0 Å². The Kier molecular flexibility index (Phi) is 3.85. The zero-order valence-electron chi connectivity index (χ0n) is 10.8. The van der Waals surface area contributed by atoms with Gasteiger partial charge in [-0.05, 0) is 36.5 Å². The number of halogens is 1. The number of carbonyl (C=O) groups is 1. The van der Waals surface area contributed by atoms with Crippen LogP contribution in [0.5, 0.6) is 0 Å². The summed E-state index contributed by atoms with van der Waals surface area (Å²) in [5.41, 5.74) is 6.21. The van der Waals surface area contributed by atoms with Gasteiger partial charge >= 0.3 is 0 Å². The molecule has 0 atom stereocenters. The van der Waals surface area contributed by atoms with Gasteiger partial charge in [-0.2, -0.15) is 11.8 Å². The quantitative estimate of drug-likeness (QED) is 0.895. The standard InChI is InChI=1S/C14H15FN2OS2/c15-9-2-1-3-10-11(9)12(16)13(20-10)14(18)17-8-4-6-19-7-5-8/h1-3,8H,4-7,16H2,(H,17,18). The van der Waals surface area contributed by atoms with Crippen molar-refractivity contribution in [1.29, 1.82) is 0 Å². The van der Waals surface area contributed by atoms with E-state index in [-0.39, 0.29) is 23.5 Å². The lowest BCUT2D eigenvalue weighted by molar-refractivity contribution is 0.0940. The molecular formula is C14H15FN2OS2. The van der Waals surface area contributed by atoms with E-state index in [1.165, 1.54) is 17.4 Å². The van der Waals surface area contributed by atoms with Gasteiger partial charge in [-0.25, -0.2) is 4.39 Å². The fourth-order valence-electron chi connectivity index (χ4n) is 2.39. The number of thiophene rings is 1. The average molecular weight is 310 g/mol. The highest BCUT2D eigenvalue weighted by Gasteiger charge is 2.22. The van der Waals surface area contributed by atoms with Crippen LogP contribution in [0.4, 0.5) is 10.1 Å². The molecule has 0 aliphatic carbocycles. The Morgan fingerprint density at radius 1 is 1.35 bits per heavy atom. The first-order valence-electron chi connectivity index (χ1n) is 6.52. The fraction of sp³-hybridized carbons (Fsp3) is 0.357. The number of nitrogens with two attached hydrogens (primary N) is 1. The topological polar surface area (TPSA) is 55.1 Å². The smallest absolute Gasteiger partial charge is 0.263 e. The average Bonchev–Trinajstić information content (AvgIpc) is 2.79. The van der Waals surface area contributed by atoms with E-state index in [1.54, 1.807) is 12.1 Å². The number of hydrogen-bond acceptors (Lipinski definition) is 4. The summed E-state index contributed by atoms with van der Waals surface area (Å²) in [5.74, 6) is 1.59. The van der Waals surface area contributed by atoms with Crippen LogP contribution in [0.3, 0.4) is 0 Å². The lowest BCUT2D eigenvalue weighted by Crippen LogP contribution is -2.37. The number of nitrogen functional groups attached to an aromatic ring is 1. The second-order valence-electron chi connectivity index (χ2n) is 4.82. The molecule has 6 heteroatoms. The van der Waals surface area contributed by atoms with Crippen molar-refractivity contribution in [2.45, 2.75) is 18.9 Å². The van der Waals surface area contributed by atoms with Gasteiger partial charge in [0.25, 0.3) is 5.91 Å². The summed E-state index contributed by atoms with van der Waals surface area (Å²) < 4.78 is 14.5. The Bertz CT molecular complexity index is 650. The Hall–Kier alpha value is -1.27. The summed E-state index contributed by atoms with van der Waals surface area (Å²) in [6, 6.07) is 4.99. The number of hydrogen-bond donors (Lipinski definition) is 2. The number of carbonyl (C=O) groups excluding carboxylic acids is 1. The number of thioether (sulfide) groups is 1. The zero-order chi connectivity index (χ0) is 14.1. The van der Waals surface area contributed by atoms with Crippen LogP contribution in [-0.2, 0) is 0 Å².